The lowest BCUT2D eigenvalue weighted by atomic mass is 10.1. The number of H-pyrrole nitrogens is 1. The van der Waals surface area contributed by atoms with Gasteiger partial charge in [0, 0.05) is 30.5 Å². The molecule has 160 valence electrons. The number of aromatic hydroxyl groups is 1. The molecule has 0 bridgehead atoms. The summed E-state index contributed by atoms with van der Waals surface area (Å²) in [5, 5.41) is 17.6. The third-order valence-corrected chi connectivity index (χ3v) is 4.52. The van der Waals surface area contributed by atoms with Crippen LogP contribution >= 0.6 is 0 Å². The molecule has 0 unspecified atom stereocenters. The van der Waals surface area contributed by atoms with Crippen LogP contribution < -0.4 is 9.47 Å². The molecule has 0 saturated carbocycles. The Labute approximate surface area is 182 Å². The maximum absolute atomic E-state index is 10.6. The Morgan fingerprint density at radius 2 is 1.94 bits per heavy atom. The number of aromatic amines is 1. The first kappa shape index (κ1) is 21.9. The van der Waals surface area contributed by atoms with E-state index in [2.05, 4.69) is 28.7 Å². The van der Waals surface area contributed by atoms with Crippen molar-refractivity contribution in [2.24, 2.45) is 4.99 Å². The Morgan fingerprint density at radius 3 is 2.58 bits per heavy atom. The molecule has 0 atom stereocenters. The molecule has 0 aliphatic carbocycles. The van der Waals surface area contributed by atoms with Gasteiger partial charge in [-0.25, -0.2) is 0 Å². The van der Waals surface area contributed by atoms with Gasteiger partial charge in [0.15, 0.2) is 5.75 Å². The molecule has 2 N–H and O–H groups in total. The molecule has 3 aromatic rings. The number of aromatic nitrogens is 2. The summed E-state index contributed by atoms with van der Waals surface area (Å²) in [6.45, 7) is 8.21. The van der Waals surface area contributed by atoms with Gasteiger partial charge in [-0.2, -0.15) is 5.10 Å². The summed E-state index contributed by atoms with van der Waals surface area (Å²) >= 11 is 0. The van der Waals surface area contributed by atoms with Crippen LogP contribution in [0.3, 0.4) is 0 Å². The normalized spacial score (nSPS) is 11.6. The Morgan fingerprint density at radius 1 is 1.19 bits per heavy atom. The van der Waals surface area contributed by atoms with Crippen LogP contribution in [0.1, 0.15) is 19.4 Å². The first-order valence-corrected chi connectivity index (χ1v) is 10.0. The van der Waals surface area contributed by atoms with Gasteiger partial charge in [-0.05, 0) is 43.2 Å². The second-order valence-electron chi connectivity index (χ2n) is 7.12. The monoisotopic (exact) mass is 417 g/mol. The number of nitrogens with zero attached hydrogens (tertiary/aromatic N) is 2. The number of rotatable bonds is 9. The maximum Gasteiger partial charge on any atom is 0.173 e. The summed E-state index contributed by atoms with van der Waals surface area (Å²) in [4.78, 5) is 4.03. The Kier molecular flexibility index (Phi) is 7.27. The molecule has 0 fully saturated rings. The van der Waals surface area contributed by atoms with E-state index in [0.29, 0.717) is 35.1 Å². The highest BCUT2D eigenvalue weighted by atomic mass is 16.5. The molecule has 0 aliphatic heterocycles. The summed E-state index contributed by atoms with van der Waals surface area (Å²) in [6.07, 6.45) is 6.26. The predicted molar refractivity (Wildman–Crippen MR) is 124 cm³/mol. The first-order chi connectivity index (χ1) is 15.0. The van der Waals surface area contributed by atoms with E-state index in [1.54, 1.807) is 37.7 Å². The summed E-state index contributed by atoms with van der Waals surface area (Å²) in [5.41, 5.74) is 4.09. The molecule has 0 saturated heterocycles. The van der Waals surface area contributed by atoms with Crippen molar-refractivity contribution in [2.45, 2.75) is 20.3 Å². The number of nitrogens with one attached hydrogen (secondary N) is 1. The maximum atomic E-state index is 10.6. The van der Waals surface area contributed by atoms with E-state index in [-0.39, 0.29) is 5.75 Å². The van der Waals surface area contributed by atoms with Gasteiger partial charge in [-0.15, -0.1) is 0 Å². The fourth-order valence-electron chi connectivity index (χ4n) is 3.04. The van der Waals surface area contributed by atoms with E-state index in [9.17, 15) is 5.11 Å². The lowest BCUT2D eigenvalue weighted by molar-refractivity contribution is 0.355. The molecule has 6 heteroatoms. The lowest BCUT2D eigenvalue weighted by Gasteiger charge is -2.10. The predicted octanol–water partition coefficient (Wildman–Crippen LogP) is 5.72. The van der Waals surface area contributed by atoms with Gasteiger partial charge in [-0.3, -0.25) is 10.1 Å². The highest BCUT2D eigenvalue weighted by Gasteiger charge is 2.15. The number of hydrogen-bond acceptors (Lipinski definition) is 5. The molecular weight excluding hydrogens is 390 g/mol. The summed E-state index contributed by atoms with van der Waals surface area (Å²) in [7, 11) is 1.70. The van der Waals surface area contributed by atoms with E-state index in [0.717, 1.165) is 17.6 Å². The van der Waals surface area contributed by atoms with Crippen LogP contribution in [0.25, 0.3) is 11.3 Å². The minimum Gasteiger partial charge on any atom is -0.507 e. The van der Waals surface area contributed by atoms with Crippen molar-refractivity contribution in [1.82, 2.24) is 10.2 Å². The first-order valence-electron chi connectivity index (χ1n) is 10.0. The van der Waals surface area contributed by atoms with Crippen molar-refractivity contribution in [3.8, 4) is 34.3 Å². The van der Waals surface area contributed by atoms with E-state index >= 15 is 0 Å². The van der Waals surface area contributed by atoms with Crippen molar-refractivity contribution in [2.75, 3.05) is 13.7 Å². The molecule has 3 rings (SSSR count). The van der Waals surface area contributed by atoms with Crippen molar-refractivity contribution < 1.29 is 14.6 Å². The third-order valence-electron chi connectivity index (χ3n) is 4.52. The Bertz CT molecular complexity index is 1100. The van der Waals surface area contributed by atoms with Crippen LogP contribution in [0.15, 0.2) is 77.5 Å². The fourth-order valence-corrected chi connectivity index (χ4v) is 3.04. The summed E-state index contributed by atoms with van der Waals surface area (Å²) in [5.74, 6) is 1.81. The highest BCUT2D eigenvalue weighted by Crippen LogP contribution is 2.38. The van der Waals surface area contributed by atoms with Gasteiger partial charge in [0.25, 0.3) is 0 Å². The van der Waals surface area contributed by atoms with Crippen LogP contribution in [0.4, 0.5) is 0 Å². The zero-order valence-electron chi connectivity index (χ0n) is 18.1. The smallest absolute Gasteiger partial charge is 0.173 e. The van der Waals surface area contributed by atoms with Gasteiger partial charge in [0.1, 0.15) is 29.5 Å². The minimum absolute atomic E-state index is 0.0466. The molecule has 0 radical (unpaired) electrons. The van der Waals surface area contributed by atoms with Gasteiger partial charge in [-0.1, -0.05) is 37.3 Å². The molecule has 0 amide bonds. The Hall–Kier alpha value is -3.80. The summed E-state index contributed by atoms with van der Waals surface area (Å²) < 4.78 is 11.8. The van der Waals surface area contributed by atoms with Crippen LogP contribution in [0.2, 0.25) is 0 Å². The molecular formula is C25H27N3O3. The van der Waals surface area contributed by atoms with Crippen molar-refractivity contribution >= 4 is 6.21 Å². The number of allylic oxidation sites excluding steroid dienone is 2. The Balaban J connectivity index is 1.76. The number of phenolic OH excluding ortho intramolecular Hbond substituents is 1. The number of ether oxygens (including phenoxy) is 2. The van der Waals surface area contributed by atoms with Gasteiger partial charge in [0.05, 0.1) is 6.20 Å². The topological polar surface area (TPSA) is 79.7 Å². The highest BCUT2D eigenvalue weighted by molar-refractivity contribution is 5.79. The van der Waals surface area contributed by atoms with Gasteiger partial charge in [0.2, 0.25) is 0 Å². The van der Waals surface area contributed by atoms with Crippen LogP contribution in [-0.2, 0) is 6.42 Å². The van der Waals surface area contributed by atoms with E-state index in [4.69, 9.17) is 9.47 Å². The molecule has 31 heavy (non-hydrogen) atoms. The molecule has 0 aliphatic rings. The number of benzene rings is 2. The molecule has 1 aromatic heterocycles. The van der Waals surface area contributed by atoms with Crippen LogP contribution in [0, 0.1) is 0 Å². The minimum atomic E-state index is 0.0466. The zero-order chi connectivity index (χ0) is 22.2. The van der Waals surface area contributed by atoms with Crippen molar-refractivity contribution in [3.05, 3.63) is 78.0 Å². The lowest BCUT2D eigenvalue weighted by Crippen LogP contribution is -2.03. The van der Waals surface area contributed by atoms with Crippen molar-refractivity contribution in [3.63, 3.8) is 0 Å². The number of aryl methyl sites for hydroxylation is 1. The largest absolute Gasteiger partial charge is 0.507 e. The van der Waals surface area contributed by atoms with E-state index < -0.39 is 0 Å². The zero-order valence-corrected chi connectivity index (χ0v) is 18.1. The fraction of sp³-hybridized carbons (Fsp3) is 0.200. The van der Waals surface area contributed by atoms with E-state index in [1.165, 1.54) is 5.56 Å². The van der Waals surface area contributed by atoms with E-state index in [1.807, 2.05) is 37.3 Å². The second kappa shape index (κ2) is 10.3. The van der Waals surface area contributed by atoms with Gasteiger partial charge >= 0.3 is 0 Å². The van der Waals surface area contributed by atoms with Crippen LogP contribution in [0.5, 0.6) is 23.0 Å². The van der Waals surface area contributed by atoms with Gasteiger partial charge < -0.3 is 14.6 Å². The average Bonchev–Trinajstić information content (AvgIpc) is 3.20. The standard InChI is InChI=1S/C25H27N3O3/c1-5-18-6-8-20(9-7-18)31-24-15-27-28-25(24)22-11-10-21(13-23(22)29)30-16-19(14-26-4)12-17(2)3/h6-15,29H,2,5,16H2,1,3-4H3,(H,27,28)/b19-12+,26-14-. The quantitative estimate of drug-likeness (QED) is 0.345. The number of hydrogen-bond donors (Lipinski definition) is 2. The molecule has 0 spiro atoms. The van der Waals surface area contributed by atoms with Crippen molar-refractivity contribution in [1.29, 1.82) is 0 Å². The number of phenols is 1. The molecule has 2 aromatic carbocycles. The molecule has 1 heterocycles. The SMILES string of the molecule is C=C(C)/C=C(\C=N/C)COc1ccc(-c2n[nH]cc2Oc2ccc(CC)cc2)c(O)c1. The average molecular weight is 418 g/mol. The number of aliphatic imine (C=N–C) groups is 1. The van der Waals surface area contributed by atoms with Crippen LogP contribution in [-0.4, -0.2) is 35.2 Å². The summed E-state index contributed by atoms with van der Waals surface area (Å²) in [6, 6.07) is 13.0. The second-order valence-corrected chi connectivity index (χ2v) is 7.12. The molecule has 6 nitrogen and oxygen atoms in total. The third kappa shape index (κ3) is 5.85.